The summed E-state index contributed by atoms with van der Waals surface area (Å²) in [5.41, 5.74) is 24.7. The van der Waals surface area contributed by atoms with Crippen molar-refractivity contribution < 1.29 is 0 Å². The Kier molecular flexibility index (Phi) is 25.6. The molecule has 0 spiro atoms. The molecule has 0 saturated carbocycles. The molecule has 91 heavy (non-hydrogen) atoms. The predicted molar refractivity (Wildman–Crippen MR) is 370 cm³/mol. The van der Waals surface area contributed by atoms with E-state index in [2.05, 4.69) is 143 Å². The summed E-state index contributed by atoms with van der Waals surface area (Å²) in [7, 11) is 0. The minimum Gasteiger partial charge on any atom is -0.265 e. The average molecular weight is 1190 g/mol. The maximum atomic E-state index is 4.28. The minimum absolute atomic E-state index is 1.00. The molecule has 0 fully saturated rings. The molecule has 0 bridgehead atoms. The number of benzene rings is 2. The lowest BCUT2D eigenvalue weighted by Crippen LogP contribution is -1.86. The highest BCUT2D eigenvalue weighted by molar-refractivity contribution is 5.69. The molecule has 14 rings (SSSR count). The van der Waals surface area contributed by atoms with Crippen molar-refractivity contribution in [3.8, 4) is 78.0 Å². The Labute approximate surface area is 534 Å². The van der Waals surface area contributed by atoms with Crippen molar-refractivity contribution in [2.75, 3.05) is 0 Å². The standard InChI is InChI=1S/2C12H11N.5C11H10N2/c1-10-12(8-5-9-13-10)11-6-3-2-4-7-11;1-10-9-13-8-7-12(10)11-5-3-2-4-6-11;1-9-8-13-7-4-11(9)10-2-5-12-6-3-10;1-9-2-5-13-8-11(9)10-3-6-12-7-4-10;1-9-7-13-6-4-11(9)10-3-2-5-12-8-10;1-9-4-6-13-8-11(9)10-3-2-5-12-7-10;1-9-8-12-7-5-10(9)11-4-2-3-6-13-11/h2*2-9H,1H3;5*2-8H,1H3. The number of aryl methyl sites for hydroxylation is 7. The monoisotopic (exact) mass is 1190 g/mol. The van der Waals surface area contributed by atoms with Crippen molar-refractivity contribution >= 4 is 0 Å². The second-order valence-electron chi connectivity index (χ2n) is 20.7. The third-order valence-corrected chi connectivity index (χ3v) is 14.2. The van der Waals surface area contributed by atoms with Crippen LogP contribution in [0.25, 0.3) is 78.0 Å². The second-order valence-corrected chi connectivity index (χ2v) is 20.7. The number of hydrogen-bond acceptors (Lipinski definition) is 12. The molecule has 0 aliphatic rings. The van der Waals surface area contributed by atoms with Crippen LogP contribution in [0.1, 0.15) is 39.1 Å². The molecule has 0 atom stereocenters. The van der Waals surface area contributed by atoms with Gasteiger partial charge >= 0.3 is 0 Å². The fraction of sp³-hybridized carbons (Fsp3) is 0.0886. The summed E-state index contributed by atoms with van der Waals surface area (Å²) in [5, 5.41) is 0. The number of nitrogens with zero attached hydrogens (tertiary/aromatic N) is 12. The molecular formula is C79H72N12. The van der Waals surface area contributed by atoms with Gasteiger partial charge in [-0.1, -0.05) is 84.9 Å². The molecule has 0 unspecified atom stereocenters. The van der Waals surface area contributed by atoms with E-state index in [1.54, 1.807) is 68.2 Å². The number of aromatic nitrogens is 12. The Morgan fingerprint density at radius 1 is 0.176 bits per heavy atom. The fourth-order valence-corrected chi connectivity index (χ4v) is 9.34. The molecule has 2 aromatic carbocycles. The van der Waals surface area contributed by atoms with E-state index in [-0.39, 0.29) is 0 Å². The van der Waals surface area contributed by atoms with Gasteiger partial charge in [0, 0.05) is 175 Å². The zero-order chi connectivity index (χ0) is 63.7. The molecule has 0 aliphatic carbocycles. The highest BCUT2D eigenvalue weighted by Gasteiger charge is 2.05. The number of hydrogen-bond donors (Lipinski definition) is 0. The Balaban J connectivity index is 0.000000137. The smallest absolute Gasteiger partial charge is 0.0705 e. The van der Waals surface area contributed by atoms with Gasteiger partial charge in [-0.15, -0.1) is 0 Å². The van der Waals surface area contributed by atoms with E-state index in [0.717, 1.165) is 39.2 Å². The van der Waals surface area contributed by atoms with Gasteiger partial charge in [-0.05, 0) is 212 Å². The van der Waals surface area contributed by atoms with E-state index in [1.807, 2.05) is 209 Å². The van der Waals surface area contributed by atoms with Gasteiger partial charge < -0.3 is 0 Å². The molecule has 0 aliphatic heterocycles. The van der Waals surface area contributed by atoms with Gasteiger partial charge in [0.1, 0.15) is 0 Å². The van der Waals surface area contributed by atoms with Gasteiger partial charge in [0.25, 0.3) is 0 Å². The molecule has 0 N–H and O–H groups in total. The highest BCUT2D eigenvalue weighted by Crippen LogP contribution is 2.26. The molecule has 0 radical (unpaired) electrons. The van der Waals surface area contributed by atoms with Crippen molar-refractivity contribution in [3.05, 3.63) is 351 Å². The Morgan fingerprint density at radius 3 is 0.923 bits per heavy atom. The lowest BCUT2D eigenvalue weighted by Gasteiger charge is -2.03. The number of rotatable bonds is 7. The van der Waals surface area contributed by atoms with Crippen molar-refractivity contribution in [2.24, 2.45) is 0 Å². The zero-order valence-electron chi connectivity index (χ0n) is 52.3. The van der Waals surface area contributed by atoms with Gasteiger partial charge in [-0.3, -0.25) is 59.8 Å². The van der Waals surface area contributed by atoms with Gasteiger partial charge in [0.2, 0.25) is 0 Å². The first-order valence-electron chi connectivity index (χ1n) is 29.6. The van der Waals surface area contributed by atoms with Crippen LogP contribution in [0.15, 0.2) is 312 Å². The van der Waals surface area contributed by atoms with Crippen LogP contribution in [-0.4, -0.2) is 59.8 Å². The van der Waals surface area contributed by atoms with Gasteiger partial charge in [-0.25, -0.2) is 0 Å². The van der Waals surface area contributed by atoms with Crippen LogP contribution in [0.4, 0.5) is 0 Å². The van der Waals surface area contributed by atoms with Crippen molar-refractivity contribution in [1.29, 1.82) is 0 Å². The minimum atomic E-state index is 1.00. The SMILES string of the molecule is Cc1ccncc1-c1cccnc1.Cc1ccncc1-c1ccncc1.Cc1cnccc1-c1ccccc1.Cc1cnccc1-c1ccccn1.Cc1cnccc1-c1cccnc1.Cc1cnccc1-c1ccncc1.Cc1ncccc1-c1ccccc1. The molecule has 12 heterocycles. The summed E-state index contributed by atoms with van der Waals surface area (Å²) >= 11 is 0. The van der Waals surface area contributed by atoms with Crippen LogP contribution < -0.4 is 0 Å². The van der Waals surface area contributed by atoms with Crippen molar-refractivity contribution in [3.63, 3.8) is 0 Å². The van der Waals surface area contributed by atoms with Crippen LogP contribution in [-0.2, 0) is 0 Å². The predicted octanol–water partition coefficient (Wildman–Crippen LogP) is 18.4. The quantitative estimate of drug-likeness (QED) is 0.149. The van der Waals surface area contributed by atoms with Crippen LogP contribution >= 0.6 is 0 Å². The molecular weight excluding hydrogens is 1120 g/mol. The topological polar surface area (TPSA) is 155 Å². The summed E-state index contributed by atoms with van der Waals surface area (Å²) in [4.78, 5) is 49.1. The van der Waals surface area contributed by atoms with Gasteiger partial charge in [0.05, 0.1) is 5.69 Å². The van der Waals surface area contributed by atoms with E-state index < -0.39 is 0 Å². The summed E-state index contributed by atoms with van der Waals surface area (Å²) in [6.45, 7) is 14.4. The van der Waals surface area contributed by atoms with Gasteiger partial charge in [0.15, 0.2) is 0 Å². The van der Waals surface area contributed by atoms with Crippen LogP contribution in [0, 0.1) is 48.5 Å². The van der Waals surface area contributed by atoms with E-state index in [4.69, 9.17) is 0 Å². The summed E-state index contributed by atoms with van der Waals surface area (Å²) < 4.78 is 0. The largest absolute Gasteiger partial charge is 0.265 e. The summed E-state index contributed by atoms with van der Waals surface area (Å²) in [6.07, 6.45) is 40.1. The summed E-state index contributed by atoms with van der Waals surface area (Å²) in [5.74, 6) is 0. The lowest BCUT2D eigenvalue weighted by molar-refractivity contribution is 1.20. The molecule has 12 heteroatoms. The van der Waals surface area contributed by atoms with E-state index in [1.165, 1.54) is 77.9 Å². The zero-order valence-corrected chi connectivity index (χ0v) is 52.3. The Bertz CT molecular complexity index is 3560. The normalized spacial score (nSPS) is 9.92. The molecule has 12 nitrogen and oxygen atoms in total. The third-order valence-electron chi connectivity index (χ3n) is 14.2. The van der Waals surface area contributed by atoms with Gasteiger partial charge in [-0.2, -0.15) is 0 Å². The fourth-order valence-electron chi connectivity index (χ4n) is 9.34. The summed E-state index contributed by atoms with van der Waals surface area (Å²) in [6, 6.07) is 58.7. The van der Waals surface area contributed by atoms with E-state index in [0.29, 0.717) is 0 Å². The Morgan fingerprint density at radius 2 is 0.505 bits per heavy atom. The maximum Gasteiger partial charge on any atom is 0.0705 e. The maximum absolute atomic E-state index is 4.28. The van der Waals surface area contributed by atoms with Crippen molar-refractivity contribution in [1.82, 2.24) is 59.8 Å². The number of pyridine rings is 12. The van der Waals surface area contributed by atoms with Crippen LogP contribution in [0.5, 0.6) is 0 Å². The average Bonchev–Trinajstić information content (AvgIpc) is 3.44. The molecule has 14 aromatic rings. The third kappa shape index (κ3) is 20.4. The Hall–Kier alpha value is -11.8. The second kappa shape index (κ2) is 35.8. The first-order chi connectivity index (χ1) is 44.6. The first kappa shape index (κ1) is 65.2. The van der Waals surface area contributed by atoms with E-state index >= 15 is 0 Å². The van der Waals surface area contributed by atoms with Crippen LogP contribution in [0.2, 0.25) is 0 Å². The molecule has 0 amide bonds. The molecule has 0 saturated heterocycles. The molecule has 448 valence electrons. The highest BCUT2D eigenvalue weighted by atomic mass is 14.7. The lowest BCUT2D eigenvalue weighted by atomic mass is 10.0. The van der Waals surface area contributed by atoms with Crippen LogP contribution in [0.3, 0.4) is 0 Å². The van der Waals surface area contributed by atoms with E-state index in [9.17, 15) is 0 Å². The van der Waals surface area contributed by atoms with Crippen molar-refractivity contribution in [2.45, 2.75) is 48.5 Å². The first-order valence-corrected chi connectivity index (χ1v) is 29.6. The molecule has 12 aromatic heterocycles.